The molecule has 0 aliphatic carbocycles. The number of unbranched alkanes of at least 4 members (excludes halogenated alkanes) is 2. The van der Waals surface area contributed by atoms with Crippen LogP contribution in [0.5, 0.6) is 0 Å². The average molecular weight is 272 g/mol. The summed E-state index contributed by atoms with van der Waals surface area (Å²) in [5.41, 5.74) is 1.28. The Kier molecular flexibility index (Phi) is 8.13. The first-order valence-corrected chi connectivity index (χ1v) is 7.24. The molecule has 20 heavy (non-hydrogen) atoms. The molecule has 1 rings (SSSR count). The van der Waals surface area contributed by atoms with Crippen molar-refractivity contribution in [2.45, 2.75) is 44.6 Å². The second kappa shape index (κ2) is 10.0. The number of carbonyl (C=O) groups excluding carboxylic acids is 1. The lowest BCUT2D eigenvalue weighted by Gasteiger charge is -2.17. The van der Waals surface area contributed by atoms with Gasteiger partial charge in [0.05, 0.1) is 0 Å². The Labute approximate surface area is 122 Å². The molecule has 2 heteroatoms. The van der Waals surface area contributed by atoms with Gasteiger partial charge in [0.25, 0.3) is 0 Å². The fourth-order valence-electron chi connectivity index (χ4n) is 2.11. The Bertz CT molecular complexity index is 409. The number of esters is 1. The summed E-state index contributed by atoms with van der Waals surface area (Å²) in [6.45, 7) is 7.17. The third kappa shape index (κ3) is 6.93. The number of ether oxygens (including phenoxy) is 1. The summed E-state index contributed by atoms with van der Waals surface area (Å²) < 4.78 is 5.42. The molecule has 1 aromatic rings. The molecule has 1 unspecified atom stereocenters. The quantitative estimate of drug-likeness (QED) is 0.272. The SMILES string of the molecule is C=CCCCCC(CCc1ccccc1)OC(=O)C=C. The van der Waals surface area contributed by atoms with Gasteiger partial charge in [0.1, 0.15) is 6.10 Å². The van der Waals surface area contributed by atoms with Crippen molar-refractivity contribution < 1.29 is 9.53 Å². The minimum Gasteiger partial charge on any atom is -0.459 e. The highest BCUT2D eigenvalue weighted by Gasteiger charge is 2.12. The first-order chi connectivity index (χ1) is 9.76. The summed E-state index contributed by atoms with van der Waals surface area (Å²) in [5, 5.41) is 0. The van der Waals surface area contributed by atoms with Crippen molar-refractivity contribution in [3.8, 4) is 0 Å². The van der Waals surface area contributed by atoms with Gasteiger partial charge in [-0.1, -0.05) is 43.0 Å². The summed E-state index contributed by atoms with van der Waals surface area (Å²) in [6.07, 6.45) is 8.99. The number of aryl methyl sites for hydroxylation is 1. The van der Waals surface area contributed by atoms with Gasteiger partial charge in [0, 0.05) is 6.08 Å². The van der Waals surface area contributed by atoms with Crippen LogP contribution in [-0.4, -0.2) is 12.1 Å². The third-order valence-corrected chi connectivity index (χ3v) is 3.23. The molecular weight excluding hydrogens is 248 g/mol. The first kappa shape index (κ1) is 16.2. The van der Waals surface area contributed by atoms with E-state index in [0.717, 1.165) is 38.5 Å². The highest BCUT2D eigenvalue weighted by molar-refractivity contribution is 5.81. The van der Waals surface area contributed by atoms with Crippen LogP contribution in [0.1, 0.15) is 37.7 Å². The van der Waals surface area contributed by atoms with E-state index in [1.165, 1.54) is 11.6 Å². The fraction of sp³-hybridized carbons (Fsp3) is 0.389. The van der Waals surface area contributed by atoms with Crippen LogP contribution < -0.4 is 0 Å². The van der Waals surface area contributed by atoms with Crippen molar-refractivity contribution in [1.82, 2.24) is 0 Å². The number of hydrogen-bond donors (Lipinski definition) is 0. The maximum Gasteiger partial charge on any atom is 0.330 e. The lowest BCUT2D eigenvalue weighted by molar-refractivity contribution is -0.143. The topological polar surface area (TPSA) is 26.3 Å². The van der Waals surface area contributed by atoms with Gasteiger partial charge in [-0.2, -0.15) is 0 Å². The Hall–Kier alpha value is -1.83. The average Bonchev–Trinajstić information content (AvgIpc) is 2.49. The van der Waals surface area contributed by atoms with E-state index in [0.29, 0.717) is 0 Å². The van der Waals surface area contributed by atoms with Crippen LogP contribution in [0.25, 0.3) is 0 Å². The summed E-state index contributed by atoms with van der Waals surface area (Å²) in [7, 11) is 0. The molecule has 0 spiro atoms. The van der Waals surface area contributed by atoms with Crippen LogP contribution in [0.15, 0.2) is 55.6 Å². The summed E-state index contributed by atoms with van der Waals surface area (Å²) in [6, 6.07) is 10.3. The lowest BCUT2D eigenvalue weighted by Crippen LogP contribution is -2.17. The molecule has 0 aliphatic rings. The van der Waals surface area contributed by atoms with Gasteiger partial charge in [-0.05, 0) is 44.1 Å². The molecule has 0 aromatic heterocycles. The maximum absolute atomic E-state index is 11.4. The standard InChI is InChI=1S/C18H24O2/c1-3-5-6-10-13-17(20-18(19)4-2)15-14-16-11-8-7-9-12-16/h3-4,7-9,11-12,17H,1-2,5-6,10,13-15H2. The highest BCUT2D eigenvalue weighted by atomic mass is 16.5. The van der Waals surface area contributed by atoms with Gasteiger partial charge in [-0.15, -0.1) is 6.58 Å². The molecule has 0 aliphatic heterocycles. The monoisotopic (exact) mass is 272 g/mol. The van der Waals surface area contributed by atoms with Crippen molar-refractivity contribution in [1.29, 1.82) is 0 Å². The molecule has 0 amide bonds. The smallest absolute Gasteiger partial charge is 0.330 e. The maximum atomic E-state index is 11.4. The van der Waals surface area contributed by atoms with Gasteiger partial charge in [-0.25, -0.2) is 4.79 Å². The molecule has 108 valence electrons. The molecule has 0 bridgehead atoms. The van der Waals surface area contributed by atoms with E-state index in [1.54, 1.807) is 0 Å². The minimum atomic E-state index is -0.327. The van der Waals surface area contributed by atoms with Crippen LogP contribution in [0.3, 0.4) is 0 Å². The van der Waals surface area contributed by atoms with E-state index in [2.05, 4.69) is 25.3 Å². The molecule has 0 heterocycles. The zero-order chi connectivity index (χ0) is 14.6. The van der Waals surface area contributed by atoms with E-state index in [9.17, 15) is 4.79 Å². The van der Waals surface area contributed by atoms with Crippen molar-refractivity contribution in [2.24, 2.45) is 0 Å². The van der Waals surface area contributed by atoms with Crippen LogP contribution in [-0.2, 0) is 16.0 Å². The number of hydrogen-bond acceptors (Lipinski definition) is 2. The van der Waals surface area contributed by atoms with E-state index in [4.69, 9.17) is 4.74 Å². The van der Waals surface area contributed by atoms with Crippen molar-refractivity contribution in [2.75, 3.05) is 0 Å². The molecule has 0 saturated carbocycles. The largest absolute Gasteiger partial charge is 0.459 e. The zero-order valence-electron chi connectivity index (χ0n) is 12.1. The van der Waals surface area contributed by atoms with Gasteiger partial charge < -0.3 is 4.74 Å². The molecule has 1 aromatic carbocycles. The number of rotatable bonds is 10. The van der Waals surface area contributed by atoms with Crippen LogP contribution in [0.2, 0.25) is 0 Å². The Morgan fingerprint density at radius 1 is 1.15 bits per heavy atom. The van der Waals surface area contributed by atoms with E-state index < -0.39 is 0 Å². The van der Waals surface area contributed by atoms with Crippen molar-refractivity contribution >= 4 is 5.97 Å². The van der Waals surface area contributed by atoms with Gasteiger partial charge in [0.2, 0.25) is 0 Å². The van der Waals surface area contributed by atoms with Crippen LogP contribution >= 0.6 is 0 Å². The third-order valence-electron chi connectivity index (χ3n) is 3.23. The number of benzene rings is 1. The predicted octanol–water partition coefficient (Wildman–Crippen LogP) is 4.46. The second-order valence-electron chi connectivity index (χ2n) is 4.86. The predicted molar refractivity (Wildman–Crippen MR) is 83.5 cm³/mol. The van der Waals surface area contributed by atoms with Gasteiger partial charge >= 0.3 is 5.97 Å². The van der Waals surface area contributed by atoms with Gasteiger partial charge in [-0.3, -0.25) is 0 Å². The van der Waals surface area contributed by atoms with Crippen molar-refractivity contribution in [3.05, 3.63) is 61.2 Å². The second-order valence-corrected chi connectivity index (χ2v) is 4.86. The summed E-state index contributed by atoms with van der Waals surface area (Å²) >= 11 is 0. The Morgan fingerprint density at radius 2 is 1.90 bits per heavy atom. The molecule has 0 fully saturated rings. The van der Waals surface area contributed by atoms with Crippen LogP contribution in [0.4, 0.5) is 0 Å². The van der Waals surface area contributed by atoms with E-state index in [-0.39, 0.29) is 12.1 Å². The van der Waals surface area contributed by atoms with Crippen LogP contribution in [0, 0.1) is 0 Å². The van der Waals surface area contributed by atoms with Gasteiger partial charge in [0.15, 0.2) is 0 Å². The van der Waals surface area contributed by atoms with E-state index in [1.807, 2.05) is 24.3 Å². The zero-order valence-corrected chi connectivity index (χ0v) is 12.1. The number of allylic oxidation sites excluding steroid dienone is 1. The van der Waals surface area contributed by atoms with E-state index >= 15 is 0 Å². The molecule has 0 N–H and O–H groups in total. The highest BCUT2D eigenvalue weighted by Crippen LogP contribution is 2.14. The first-order valence-electron chi connectivity index (χ1n) is 7.24. The fourth-order valence-corrected chi connectivity index (χ4v) is 2.11. The molecule has 1 atom stereocenters. The minimum absolute atomic E-state index is 0.0227. The summed E-state index contributed by atoms with van der Waals surface area (Å²) in [4.78, 5) is 11.4. The molecular formula is C18H24O2. The summed E-state index contributed by atoms with van der Waals surface area (Å²) in [5.74, 6) is -0.327. The lowest BCUT2D eigenvalue weighted by atomic mass is 10.0. The Morgan fingerprint density at radius 3 is 2.55 bits per heavy atom. The molecule has 2 nitrogen and oxygen atoms in total. The normalized spacial score (nSPS) is 11.6. The Balaban J connectivity index is 2.42. The number of carbonyl (C=O) groups is 1. The van der Waals surface area contributed by atoms with Crippen molar-refractivity contribution in [3.63, 3.8) is 0 Å². The molecule has 0 radical (unpaired) electrons. The molecule has 0 saturated heterocycles.